The Kier molecular flexibility index (Phi) is 2.96. The lowest BCUT2D eigenvalue weighted by molar-refractivity contribution is -0.167. The van der Waals surface area contributed by atoms with Crippen molar-refractivity contribution in [3.05, 3.63) is 35.9 Å². The Morgan fingerprint density at radius 3 is 2.33 bits per heavy atom. The number of thioether (sulfide) groups is 1. The van der Waals surface area contributed by atoms with Crippen molar-refractivity contribution in [3.8, 4) is 0 Å². The van der Waals surface area contributed by atoms with Crippen molar-refractivity contribution < 1.29 is 13.2 Å². The van der Waals surface area contributed by atoms with Crippen LogP contribution in [0.4, 0.5) is 13.2 Å². The zero-order chi connectivity index (χ0) is 10.9. The van der Waals surface area contributed by atoms with Crippen LogP contribution >= 0.6 is 11.8 Å². The molecule has 0 N–H and O–H groups in total. The Balaban J connectivity index is 2.05. The van der Waals surface area contributed by atoms with Gasteiger partial charge in [0, 0.05) is 11.0 Å². The Hall–Kier alpha value is -0.640. The van der Waals surface area contributed by atoms with E-state index >= 15 is 0 Å². The van der Waals surface area contributed by atoms with Crippen LogP contribution in [-0.2, 0) is 0 Å². The third-order valence-corrected chi connectivity index (χ3v) is 4.09. The molecule has 0 nitrogen and oxygen atoms in total. The molecule has 1 aromatic carbocycles. The van der Waals surface area contributed by atoms with Crippen LogP contribution in [0, 0.1) is 5.92 Å². The SMILES string of the molecule is FC(F)(F)C1CSC(c2ccccc2)C1. The average molecular weight is 232 g/mol. The summed E-state index contributed by atoms with van der Waals surface area (Å²) in [6.45, 7) is 0. The van der Waals surface area contributed by atoms with E-state index in [4.69, 9.17) is 0 Å². The minimum absolute atomic E-state index is 0.0119. The van der Waals surface area contributed by atoms with Gasteiger partial charge < -0.3 is 0 Å². The van der Waals surface area contributed by atoms with Gasteiger partial charge in [0.15, 0.2) is 0 Å². The lowest BCUT2D eigenvalue weighted by Gasteiger charge is -2.13. The van der Waals surface area contributed by atoms with E-state index in [2.05, 4.69) is 0 Å². The molecule has 1 heterocycles. The molecule has 0 amide bonds. The second-order valence-electron chi connectivity index (χ2n) is 3.71. The van der Waals surface area contributed by atoms with Crippen LogP contribution in [0.5, 0.6) is 0 Å². The van der Waals surface area contributed by atoms with Crippen molar-refractivity contribution in [1.29, 1.82) is 0 Å². The summed E-state index contributed by atoms with van der Waals surface area (Å²) in [7, 11) is 0. The smallest absolute Gasteiger partial charge is 0.171 e. The van der Waals surface area contributed by atoms with E-state index in [0.29, 0.717) is 0 Å². The number of benzene rings is 1. The molecule has 15 heavy (non-hydrogen) atoms. The summed E-state index contributed by atoms with van der Waals surface area (Å²) in [5.74, 6) is -0.934. The monoisotopic (exact) mass is 232 g/mol. The quantitative estimate of drug-likeness (QED) is 0.704. The highest BCUT2D eigenvalue weighted by Crippen LogP contribution is 2.48. The molecule has 0 bridgehead atoms. The first-order valence-electron chi connectivity index (χ1n) is 4.80. The Bertz CT molecular complexity index is 320. The van der Waals surface area contributed by atoms with E-state index in [1.807, 2.05) is 30.3 Å². The topological polar surface area (TPSA) is 0 Å². The maximum atomic E-state index is 12.4. The van der Waals surface area contributed by atoms with Crippen LogP contribution in [0.2, 0.25) is 0 Å². The first-order chi connectivity index (χ1) is 7.07. The van der Waals surface area contributed by atoms with Crippen molar-refractivity contribution in [2.75, 3.05) is 5.75 Å². The van der Waals surface area contributed by atoms with Gasteiger partial charge in [-0.25, -0.2) is 0 Å². The van der Waals surface area contributed by atoms with E-state index in [1.54, 1.807) is 0 Å². The maximum absolute atomic E-state index is 12.4. The van der Waals surface area contributed by atoms with Crippen LogP contribution in [-0.4, -0.2) is 11.9 Å². The summed E-state index contributed by atoms with van der Waals surface area (Å²) < 4.78 is 37.3. The van der Waals surface area contributed by atoms with Gasteiger partial charge >= 0.3 is 6.18 Å². The molecule has 1 aliphatic rings. The Morgan fingerprint density at radius 2 is 1.80 bits per heavy atom. The molecule has 1 saturated heterocycles. The highest BCUT2D eigenvalue weighted by Gasteiger charge is 2.44. The van der Waals surface area contributed by atoms with Gasteiger partial charge in [-0.05, 0) is 12.0 Å². The second-order valence-corrected chi connectivity index (χ2v) is 4.94. The molecule has 0 aromatic heterocycles. The number of alkyl halides is 3. The molecule has 1 fully saturated rings. The summed E-state index contributed by atoms with van der Waals surface area (Å²) in [5.41, 5.74) is 1.01. The van der Waals surface area contributed by atoms with Crippen molar-refractivity contribution in [1.82, 2.24) is 0 Å². The second kappa shape index (κ2) is 4.08. The van der Waals surface area contributed by atoms with Gasteiger partial charge in [-0.1, -0.05) is 30.3 Å². The van der Waals surface area contributed by atoms with Crippen molar-refractivity contribution in [2.45, 2.75) is 17.8 Å². The standard InChI is InChI=1S/C11H11F3S/c12-11(13,14)9-6-10(15-7-9)8-4-2-1-3-5-8/h1-5,9-10H,6-7H2. The highest BCUT2D eigenvalue weighted by molar-refractivity contribution is 7.99. The summed E-state index contributed by atoms with van der Waals surface area (Å²) >= 11 is 1.41. The third-order valence-electron chi connectivity index (χ3n) is 2.63. The summed E-state index contributed by atoms with van der Waals surface area (Å²) in [5, 5.41) is 0.0119. The molecule has 2 rings (SSSR count). The molecular formula is C11H11F3S. The largest absolute Gasteiger partial charge is 0.392 e. The first-order valence-corrected chi connectivity index (χ1v) is 5.85. The number of rotatable bonds is 1. The molecule has 82 valence electrons. The van der Waals surface area contributed by atoms with Gasteiger partial charge in [-0.3, -0.25) is 0 Å². The molecule has 2 unspecified atom stereocenters. The first kappa shape index (κ1) is 10.9. The van der Waals surface area contributed by atoms with Gasteiger partial charge in [-0.2, -0.15) is 24.9 Å². The molecule has 0 saturated carbocycles. The van der Waals surface area contributed by atoms with Gasteiger partial charge in [0.05, 0.1) is 5.92 Å². The molecule has 1 aliphatic heterocycles. The predicted molar refractivity (Wildman–Crippen MR) is 55.8 cm³/mol. The van der Waals surface area contributed by atoms with Crippen molar-refractivity contribution in [2.24, 2.45) is 5.92 Å². The van der Waals surface area contributed by atoms with Gasteiger partial charge in [0.25, 0.3) is 0 Å². The Morgan fingerprint density at radius 1 is 1.13 bits per heavy atom. The van der Waals surface area contributed by atoms with Crippen LogP contribution < -0.4 is 0 Å². The van der Waals surface area contributed by atoms with Crippen molar-refractivity contribution >= 4 is 11.8 Å². The van der Waals surface area contributed by atoms with E-state index in [1.165, 1.54) is 11.8 Å². The summed E-state index contributed by atoms with van der Waals surface area (Å²) in [6.07, 6.45) is -3.81. The van der Waals surface area contributed by atoms with Gasteiger partial charge in [-0.15, -0.1) is 0 Å². The van der Waals surface area contributed by atoms with Crippen LogP contribution in [0.25, 0.3) is 0 Å². The van der Waals surface area contributed by atoms with E-state index in [0.717, 1.165) is 5.56 Å². The Labute approximate surface area is 90.9 Å². The van der Waals surface area contributed by atoms with Crippen LogP contribution in [0.1, 0.15) is 17.2 Å². The fraction of sp³-hybridized carbons (Fsp3) is 0.455. The number of hydrogen-bond acceptors (Lipinski definition) is 1. The molecule has 1 aromatic rings. The van der Waals surface area contributed by atoms with Crippen molar-refractivity contribution in [3.63, 3.8) is 0 Å². The zero-order valence-electron chi connectivity index (χ0n) is 8.00. The molecule has 0 spiro atoms. The molecule has 0 aliphatic carbocycles. The minimum Gasteiger partial charge on any atom is -0.171 e. The number of hydrogen-bond donors (Lipinski definition) is 0. The third kappa shape index (κ3) is 2.48. The zero-order valence-corrected chi connectivity index (χ0v) is 8.81. The molecular weight excluding hydrogens is 221 g/mol. The molecule has 4 heteroatoms. The fourth-order valence-corrected chi connectivity index (χ4v) is 3.26. The van der Waals surface area contributed by atoms with Crippen LogP contribution in [0.3, 0.4) is 0 Å². The normalized spacial score (nSPS) is 26.9. The molecule has 2 atom stereocenters. The minimum atomic E-state index is -4.03. The lowest BCUT2D eigenvalue weighted by Crippen LogP contribution is -2.22. The van der Waals surface area contributed by atoms with Gasteiger partial charge in [0.2, 0.25) is 0 Å². The summed E-state index contributed by atoms with van der Waals surface area (Å²) in [6, 6.07) is 9.42. The molecule has 0 radical (unpaired) electrons. The number of halogens is 3. The van der Waals surface area contributed by atoms with E-state index in [9.17, 15) is 13.2 Å². The van der Waals surface area contributed by atoms with Crippen LogP contribution in [0.15, 0.2) is 30.3 Å². The van der Waals surface area contributed by atoms with E-state index in [-0.39, 0.29) is 17.4 Å². The summed E-state index contributed by atoms with van der Waals surface area (Å²) in [4.78, 5) is 0. The highest BCUT2D eigenvalue weighted by atomic mass is 32.2. The fourth-order valence-electron chi connectivity index (χ4n) is 1.75. The average Bonchev–Trinajstić information content (AvgIpc) is 2.67. The maximum Gasteiger partial charge on any atom is 0.392 e. The predicted octanol–water partition coefficient (Wildman–Crippen LogP) is 4.04. The van der Waals surface area contributed by atoms with E-state index < -0.39 is 12.1 Å². The van der Waals surface area contributed by atoms with Gasteiger partial charge in [0.1, 0.15) is 0 Å². The lowest BCUT2D eigenvalue weighted by atomic mass is 10.0.